The third-order valence-corrected chi connectivity index (χ3v) is 4.16. The first-order valence-electron chi connectivity index (χ1n) is 6.77. The molecule has 0 spiro atoms. The Bertz CT molecular complexity index is 638. The standard InChI is InChI=1S/C15H16Cl3NO3/c1-15(2,3)22-14(21)19-5-4-9-8(7-19)6-10(16)11(12(9)17)13(18)20/h6H,4-5,7H2,1-3H3. The normalized spacial score (nSPS) is 14.5. The molecule has 1 amide bonds. The van der Waals surface area contributed by atoms with Gasteiger partial charge in [-0.05, 0) is 56.0 Å². The molecule has 22 heavy (non-hydrogen) atoms. The quantitative estimate of drug-likeness (QED) is 0.681. The third kappa shape index (κ3) is 3.67. The highest BCUT2D eigenvalue weighted by Crippen LogP contribution is 2.35. The summed E-state index contributed by atoms with van der Waals surface area (Å²) in [6.45, 7) is 6.23. The molecule has 0 N–H and O–H groups in total. The summed E-state index contributed by atoms with van der Waals surface area (Å²) in [5.41, 5.74) is 1.17. The predicted octanol–water partition coefficient (Wildman–Crippen LogP) is 4.67. The third-order valence-electron chi connectivity index (χ3n) is 3.25. The van der Waals surface area contributed by atoms with Crippen LogP contribution in [0.4, 0.5) is 4.79 Å². The van der Waals surface area contributed by atoms with Gasteiger partial charge < -0.3 is 9.64 Å². The molecule has 7 heteroatoms. The van der Waals surface area contributed by atoms with Crippen LogP contribution in [0, 0.1) is 0 Å². The molecule has 2 rings (SSSR count). The van der Waals surface area contributed by atoms with Crippen LogP contribution in [0.2, 0.25) is 10.0 Å². The summed E-state index contributed by atoms with van der Waals surface area (Å²) >= 11 is 17.8. The number of carbonyl (C=O) groups excluding carboxylic acids is 2. The zero-order valence-electron chi connectivity index (χ0n) is 12.5. The molecule has 0 aliphatic carbocycles. The molecule has 0 atom stereocenters. The van der Waals surface area contributed by atoms with Crippen LogP contribution in [0.5, 0.6) is 0 Å². The minimum absolute atomic E-state index is 0.120. The first kappa shape index (κ1) is 17.4. The zero-order chi connectivity index (χ0) is 16.7. The molecule has 0 fully saturated rings. The fourth-order valence-corrected chi connectivity index (χ4v) is 3.37. The molecule has 0 saturated carbocycles. The summed E-state index contributed by atoms with van der Waals surface area (Å²) in [5.74, 6) is 0. The van der Waals surface area contributed by atoms with Gasteiger partial charge in [0.15, 0.2) is 0 Å². The second-order valence-electron chi connectivity index (χ2n) is 6.11. The van der Waals surface area contributed by atoms with E-state index in [1.165, 1.54) is 0 Å². The highest BCUT2D eigenvalue weighted by Gasteiger charge is 2.29. The van der Waals surface area contributed by atoms with Gasteiger partial charge in [-0.2, -0.15) is 0 Å². The van der Waals surface area contributed by atoms with E-state index in [2.05, 4.69) is 0 Å². The fraction of sp³-hybridized carbons (Fsp3) is 0.467. The highest BCUT2D eigenvalue weighted by atomic mass is 35.5. The lowest BCUT2D eigenvalue weighted by Gasteiger charge is -2.32. The van der Waals surface area contributed by atoms with Crippen molar-refractivity contribution in [3.8, 4) is 0 Å². The van der Waals surface area contributed by atoms with Gasteiger partial charge >= 0.3 is 6.09 Å². The van der Waals surface area contributed by atoms with E-state index in [1.807, 2.05) is 20.8 Å². The Hall–Kier alpha value is -0.970. The van der Waals surface area contributed by atoms with E-state index >= 15 is 0 Å². The molecule has 0 aromatic heterocycles. The largest absolute Gasteiger partial charge is 0.444 e. The Balaban J connectivity index is 2.29. The molecular weight excluding hydrogens is 349 g/mol. The predicted molar refractivity (Wildman–Crippen MR) is 87.0 cm³/mol. The number of benzene rings is 1. The van der Waals surface area contributed by atoms with E-state index in [1.54, 1.807) is 11.0 Å². The molecule has 1 aromatic carbocycles. The number of nitrogens with zero attached hydrogens (tertiary/aromatic N) is 1. The van der Waals surface area contributed by atoms with Crippen LogP contribution in [0.25, 0.3) is 0 Å². The first-order valence-corrected chi connectivity index (χ1v) is 7.91. The van der Waals surface area contributed by atoms with Gasteiger partial charge in [0.1, 0.15) is 5.60 Å². The van der Waals surface area contributed by atoms with E-state index in [-0.39, 0.29) is 21.7 Å². The molecule has 120 valence electrons. The van der Waals surface area contributed by atoms with Crippen LogP contribution in [-0.4, -0.2) is 28.4 Å². The van der Waals surface area contributed by atoms with Crippen molar-refractivity contribution in [2.75, 3.05) is 6.54 Å². The van der Waals surface area contributed by atoms with Crippen molar-refractivity contribution in [2.45, 2.75) is 39.3 Å². The smallest absolute Gasteiger partial charge is 0.410 e. The van der Waals surface area contributed by atoms with E-state index in [9.17, 15) is 9.59 Å². The second kappa shape index (κ2) is 6.26. The lowest BCUT2D eigenvalue weighted by Crippen LogP contribution is -2.40. The van der Waals surface area contributed by atoms with Gasteiger partial charge in [0, 0.05) is 13.1 Å². The van der Waals surface area contributed by atoms with Crippen LogP contribution in [0.1, 0.15) is 42.3 Å². The number of amides is 1. The number of fused-ring (bicyclic) bond motifs is 1. The highest BCUT2D eigenvalue weighted by molar-refractivity contribution is 6.70. The summed E-state index contributed by atoms with van der Waals surface area (Å²) < 4.78 is 5.36. The minimum atomic E-state index is -0.688. The Morgan fingerprint density at radius 2 is 1.91 bits per heavy atom. The van der Waals surface area contributed by atoms with Gasteiger partial charge in [-0.15, -0.1) is 0 Å². The summed E-state index contributed by atoms with van der Waals surface area (Å²) in [6, 6.07) is 1.63. The summed E-state index contributed by atoms with van der Waals surface area (Å²) in [4.78, 5) is 25.1. The molecule has 0 saturated heterocycles. The maximum Gasteiger partial charge on any atom is 0.410 e. The summed E-state index contributed by atoms with van der Waals surface area (Å²) in [6.07, 6.45) is 0.129. The average Bonchev–Trinajstić information content (AvgIpc) is 2.35. The molecule has 1 heterocycles. The van der Waals surface area contributed by atoms with Gasteiger partial charge in [0.25, 0.3) is 5.24 Å². The lowest BCUT2D eigenvalue weighted by molar-refractivity contribution is 0.0224. The number of hydrogen-bond acceptors (Lipinski definition) is 3. The summed E-state index contributed by atoms with van der Waals surface area (Å²) in [5, 5.41) is -0.228. The van der Waals surface area contributed by atoms with Crippen LogP contribution in [-0.2, 0) is 17.7 Å². The Morgan fingerprint density at radius 3 is 2.45 bits per heavy atom. The minimum Gasteiger partial charge on any atom is -0.444 e. The molecule has 0 radical (unpaired) electrons. The first-order chi connectivity index (χ1) is 10.1. The molecule has 0 bridgehead atoms. The molecule has 1 aliphatic rings. The van der Waals surface area contributed by atoms with Gasteiger partial charge in [0.05, 0.1) is 15.6 Å². The SMILES string of the molecule is CC(C)(C)OC(=O)N1CCc2c(cc(Cl)c(C(=O)Cl)c2Cl)C1. The van der Waals surface area contributed by atoms with Gasteiger partial charge in [0.2, 0.25) is 0 Å². The van der Waals surface area contributed by atoms with Crippen LogP contribution in [0.15, 0.2) is 6.07 Å². The topological polar surface area (TPSA) is 46.6 Å². The lowest BCUT2D eigenvalue weighted by atomic mass is 9.97. The average molecular weight is 365 g/mol. The van der Waals surface area contributed by atoms with Crippen molar-refractivity contribution in [3.63, 3.8) is 0 Å². The van der Waals surface area contributed by atoms with Crippen molar-refractivity contribution in [2.24, 2.45) is 0 Å². The van der Waals surface area contributed by atoms with Crippen molar-refractivity contribution in [1.82, 2.24) is 4.90 Å². The number of rotatable bonds is 1. The number of halogens is 3. The molecular formula is C15H16Cl3NO3. The molecule has 1 aromatic rings. The monoisotopic (exact) mass is 363 g/mol. The van der Waals surface area contributed by atoms with E-state index in [0.717, 1.165) is 11.1 Å². The maximum atomic E-state index is 12.1. The van der Waals surface area contributed by atoms with Crippen molar-refractivity contribution >= 4 is 46.1 Å². The van der Waals surface area contributed by atoms with Crippen LogP contribution >= 0.6 is 34.8 Å². The van der Waals surface area contributed by atoms with Crippen LogP contribution in [0.3, 0.4) is 0 Å². The number of ether oxygens (including phenoxy) is 1. The molecule has 1 aliphatic heterocycles. The number of carbonyl (C=O) groups is 2. The van der Waals surface area contributed by atoms with E-state index in [4.69, 9.17) is 39.5 Å². The van der Waals surface area contributed by atoms with E-state index < -0.39 is 10.8 Å². The van der Waals surface area contributed by atoms with Crippen molar-refractivity contribution < 1.29 is 14.3 Å². The number of hydrogen-bond donors (Lipinski definition) is 0. The maximum absolute atomic E-state index is 12.1. The van der Waals surface area contributed by atoms with Crippen molar-refractivity contribution in [1.29, 1.82) is 0 Å². The second-order valence-corrected chi connectivity index (χ2v) is 7.24. The van der Waals surface area contributed by atoms with Crippen LogP contribution < -0.4 is 0 Å². The summed E-state index contributed by atoms with van der Waals surface area (Å²) in [7, 11) is 0. The zero-order valence-corrected chi connectivity index (χ0v) is 14.8. The van der Waals surface area contributed by atoms with Gasteiger partial charge in [-0.1, -0.05) is 23.2 Å². The van der Waals surface area contributed by atoms with E-state index in [0.29, 0.717) is 19.5 Å². The molecule has 4 nitrogen and oxygen atoms in total. The van der Waals surface area contributed by atoms with Gasteiger partial charge in [-0.25, -0.2) is 4.79 Å². The molecule has 0 unspecified atom stereocenters. The Morgan fingerprint density at radius 1 is 1.27 bits per heavy atom. The Labute approximate surface area is 144 Å². The van der Waals surface area contributed by atoms with Gasteiger partial charge in [-0.3, -0.25) is 4.79 Å². The van der Waals surface area contributed by atoms with Crippen molar-refractivity contribution in [3.05, 3.63) is 32.8 Å². The fourth-order valence-electron chi connectivity index (χ4n) is 2.31. The Kier molecular flexibility index (Phi) is 4.95.